The minimum absolute atomic E-state index is 0.161. The van der Waals surface area contributed by atoms with Crippen LogP contribution < -0.4 is 5.32 Å². The van der Waals surface area contributed by atoms with E-state index in [9.17, 15) is 9.18 Å². The van der Waals surface area contributed by atoms with Crippen molar-refractivity contribution in [3.8, 4) is 0 Å². The molecule has 0 fully saturated rings. The number of nitrogens with one attached hydrogen (secondary N) is 1. The zero-order valence-electron chi connectivity index (χ0n) is 9.70. The maximum absolute atomic E-state index is 12.7. The Bertz CT molecular complexity index is 240. The molecule has 0 unspecified atom stereocenters. The zero-order chi connectivity index (χ0) is 11.4. The van der Waals surface area contributed by atoms with Gasteiger partial charge in [-0.3, -0.25) is 4.79 Å². The van der Waals surface area contributed by atoms with Crippen LogP contribution in [0.2, 0.25) is 0 Å². The van der Waals surface area contributed by atoms with Crippen molar-refractivity contribution in [2.24, 2.45) is 0 Å². The fourth-order valence-electron chi connectivity index (χ4n) is 1.25. The van der Waals surface area contributed by atoms with Gasteiger partial charge in [-0.2, -0.15) is 0 Å². The van der Waals surface area contributed by atoms with Crippen molar-refractivity contribution in [3.63, 3.8) is 0 Å². The Balaban J connectivity index is 4.40. The van der Waals surface area contributed by atoms with Crippen LogP contribution >= 0.6 is 0 Å². The number of hydrogen-bond donors (Lipinski definition) is 1. The molecule has 0 aromatic carbocycles. The molecular weight excluding hydrogens is 181 g/mol. The highest BCUT2D eigenvalue weighted by molar-refractivity contribution is 5.93. The van der Waals surface area contributed by atoms with Crippen molar-refractivity contribution in [1.29, 1.82) is 0 Å². The Morgan fingerprint density at radius 2 is 1.86 bits per heavy atom. The van der Waals surface area contributed by atoms with Gasteiger partial charge in [-0.25, -0.2) is 4.39 Å². The lowest BCUT2D eigenvalue weighted by Gasteiger charge is -2.25. The first-order valence-electron chi connectivity index (χ1n) is 4.95. The van der Waals surface area contributed by atoms with Crippen molar-refractivity contribution in [2.75, 3.05) is 0 Å². The van der Waals surface area contributed by atoms with Crippen molar-refractivity contribution in [2.45, 2.75) is 53.0 Å². The molecule has 2 nitrogen and oxygen atoms in total. The van der Waals surface area contributed by atoms with Gasteiger partial charge in [0.25, 0.3) is 0 Å². The van der Waals surface area contributed by atoms with Crippen molar-refractivity contribution in [3.05, 3.63) is 11.4 Å². The van der Waals surface area contributed by atoms with Crippen LogP contribution in [0.4, 0.5) is 4.39 Å². The molecular formula is C11H20FNO. The number of allylic oxidation sites excluding steroid dienone is 1. The molecule has 0 radical (unpaired) electrons. The molecule has 0 aliphatic heterocycles. The summed E-state index contributed by atoms with van der Waals surface area (Å²) in [5, 5.41) is 2.80. The Morgan fingerprint density at radius 1 is 1.36 bits per heavy atom. The fraction of sp³-hybridized carbons (Fsp3) is 0.727. The minimum Gasteiger partial charge on any atom is -0.347 e. The van der Waals surface area contributed by atoms with Gasteiger partial charge in [0.05, 0.1) is 0 Å². The first-order valence-corrected chi connectivity index (χ1v) is 4.95. The SMILES string of the molecule is CCCC(C)(C)NC(=O)/C(C)=C(/C)F. The fourth-order valence-corrected chi connectivity index (χ4v) is 1.25. The quantitative estimate of drug-likeness (QED) is 0.696. The van der Waals surface area contributed by atoms with Gasteiger partial charge in [-0.05, 0) is 34.1 Å². The van der Waals surface area contributed by atoms with Gasteiger partial charge in [0.2, 0.25) is 5.91 Å². The maximum atomic E-state index is 12.7. The Labute approximate surface area is 85.6 Å². The summed E-state index contributed by atoms with van der Waals surface area (Å²) < 4.78 is 12.7. The molecule has 0 heterocycles. The molecule has 1 N–H and O–H groups in total. The van der Waals surface area contributed by atoms with E-state index in [-0.39, 0.29) is 17.0 Å². The monoisotopic (exact) mass is 201 g/mol. The number of rotatable bonds is 4. The molecule has 0 bridgehead atoms. The smallest absolute Gasteiger partial charge is 0.249 e. The van der Waals surface area contributed by atoms with Gasteiger partial charge in [-0.1, -0.05) is 13.3 Å². The molecule has 14 heavy (non-hydrogen) atoms. The third-order valence-corrected chi connectivity index (χ3v) is 2.18. The van der Waals surface area contributed by atoms with Crippen LogP contribution in [0.15, 0.2) is 11.4 Å². The van der Waals surface area contributed by atoms with Gasteiger partial charge < -0.3 is 5.32 Å². The van der Waals surface area contributed by atoms with E-state index in [0.29, 0.717) is 0 Å². The number of carbonyl (C=O) groups excluding carboxylic acids is 1. The molecule has 0 saturated heterocycles. The molecule has 0 aromatic heterocycles. The molecule has 0 aliphatic carbocycles. The molecule has 3 heteroatoms. The molecule has 0 rings (SSSR count). The maximum Gasteiger partial charge on any atom is 0.249 e. The lowest BCUT2D eigenvalue weighted by Crippen LogP contribution is -2.43. The second-order valence-corrected chi connectivity index (χ2v) is 4.25. The summed E-state index contributed by atoms with van der Waals surface area (Å²) in [6, 6.07) is 0. The number of halogens is 1. The summed E-state index contributed by atoms with van der Waals surface area (Å²) in [6.45, 7) is 8.72. The lowest BCUT2D eigenvalue weighted by molar-refractivity contribution is -0.119. The zero-order valence-corrected chi connectivity index (χ0v) is 9.70. The summed E-state index contributed by atoms with van der Waals surface area (Å²) in [7, 11) is 0. The lowest BCUT2D eigenvalue weighted by atomic mass is 9.98. The average molecular weight is 201 g/mol. The van der Waals surface area contributed by atoms with E-state index in [2.05, 4.69) is 12.2 Å². The predicted octanol–water partition coefficient (Wildman–Crippen LogP) is 2.94. The molecule has 82 valence electrons. The van der Waals surface area contributed by atoms with Crippen LogP contribution in [-0.2, 0) is 4.79 Å². The Kier molecular flexibility index (Phi) is 4.81. The van der Waals surface area contributed by atoms with Crippen molar-refractivity contribution < 1.29 is 9.18 Å². The topological polar surface area (TPSA) is 29.1 Å². The molecule has 0 aromatic rings. The van der Waals surface area contributed by atoms with E-state index in [4.69, 9.17) is 0 Å². The van der Waals surface area contributed by atoms with E-state index >= 15 is 0 Å². The second-order valence-electron chi connectivity index (χ2n) is 4.25. The highest BCUT2D eigenvalue weighted by Gasteiger charge is 2.20. The first-order chi connectivity index (χ1) is 6.30. The second kappa shape index (κ2) is 5.13. The summed E-state index contributed by atoms with van der Waals surface area (Å²) in [5.41, 5.74) is -0.100. The van der Waals surface area contributed by atoms with E-state index < -0.39 is 5.83 Å². The Hall–Kier alpha value is -0.860. The van der Waals surface area contributed by atoms with Gasteiger partial charge in [-0.15, -0.1) is 0 Å². The summed E-state index contributed by atoms with van der Waals surface area (Å²) in [6.07, 6.45) is 1.88. The van der Waals surface area contributed by atoms with Gasteiger partial charge in [0.15, 0.2) is 0 Å². The molecule has 0 aliphatic rings. The van der Waals surface area contributed by atoms with Crippen LogP contribution in [0.3, 0.4) is 0 Å². The largest absolute Gasteiger partial charge is 0.347 e. The number of amides is 1. The Morgan fingerprint density at radius 3 is 2.21 bits per heavy atom. The third kappa shape index (κ3) is 4.40. The van der Waals surface area contributed by atoms with Gasteiger partial charge >= 0.3 is 0 Å². The summed E-state index contributed by atoms with van der Waals surface area (Å²) in [5.74, 6) is -0.738. The van der Waals surface area contributed by atoms with Crippen LogP contribution in [-0.4, -0.2) is 11.4 Å². The molecule has 0 saturated carbocycles. The number of hydrogen-bond acceptors (Lipinski definition) is 1. The van der Waals surface area contributed by atoms with Gasteiger partial charge in [0, 0.05) is 11.1 Å². The first kappa shape index (κ1) is 13.1. The molecule has 0 spiro atoms. The van der Waals surface area contributed by atoms with Gasteiger partial charge in [0.1, 0.15) is 5.83 Å². The van der Waals surface area contributed by atoms with E-state index in [0.717, 1.165) is 12.8 Å². The van der Waals surface area contributed by atoms with Crippen LogP contribution in [0.25, 0.3) is 0 Å². The van der Waals surface area contributed by atoms with Crippen LogP contribution in [0.1, 0.15) is 47.5 Å². The van der Waals surface area contributed by atoms with Crippen molar-refractivity contribution >= 4 is 5.91 Å². The molecule has 1 amide bonds. The van der Waals surface area contributed by atoms with E-state index in [1.807, 2.05) is 13.8 Å². The third-order valence-electron chi connectivity index (χ3n) is 2.18. The average Bonchev–Trinajstić information content (AvgIpc) is 2.01. The molecule has 0 atom stereocenters. The van der Waals surface area contributed by atoms with E-state index in [1.54, 1.807) is 0 Å². The summed E-state index contributed by atoms with van der Waals surface area (Å²) in [4.78, 5) is 11.5. The summed E-state index contributed by atoms with van der Waals surface area (Å²) >= 11 is 0. The highest BCUT2D eigenvalue weighted by Crippen LogP contribution is 2.13. The standard InChI is InChI=1S/C11H20FNO/c1-6-7-11(4,5)13-10(14)8(2)9(3)12/h6-7H2,1-5H3,(H,13,14)/b9-8-. The number of carbonyl (C=O) groups is 1. The predicted molar refractivity (Wildman–Crippen MR) is 56.6 cm³/mol. The van der Waals surface area contributed by atoms with Crippen molar-refractivity contribution in [1.82, 2.24) is 5.32 Å². The van der Waals surface area contributed by atoms with E-state index in [1.165, 1.54) is 13.8 Å². The van der Waals surface area contributed by atoms with Crippen LogP contribution in [0, 0.1) is 0 Å². The van der Waals surface area contributed by atoms with Crippen LogP contribution in [0.5, 0.6) is 0 Å². The highest BCUT2D eigenvalue weighted by atomic mass is 19.1. The minimum atomic E-state index is -0.421. The normalized spacial score (nSPS) is 13.6.